The maximum Gasteiger partial charge on any atom is 0.121 e. The van der Waals surface area contributed by atoms with Crippen LogP contribution >= 0.6 is 0 Å². The first-order valence-corrected chi connectivity index (χ1v) is 4.26. The molecular weight excluding hydrogens is 164 g/mol. The molecule has 0 atom stereocenters. The number of ether oxygens (including phenoxy) is 1. The van der Waals surface area contributed by atoms with Crippen molar-refractivity contribution >= 4 is 0 Å². The molecule has 1 N–H and O–H groups in total. The predicted octanol–water partition coefficient (Wildman–Crippen LogP) is 2.24. The minimum Gasteiger partial charge on any atom is -0.507 e. The molecule has 1 aromatic carbocycles. The zero-order valence-electron chi connectivity index (χ0n) is 8.00. The van der Waals surface area contributed by atoms with Gasteiger partial charge in [-0.05, 0) is 37.0 Å². The zero-order valence-corrected chi connectivity index (χ0v) is 8.00. The Balaban J connectivity index is 2.86. The van der Waals surface area contributed by atoms with E-state index < -0.39 is 0 Å². The maximum absolute atomic E-state index is 9.50. The molecule has 0 saturated carbocycles. The van der Waals surface area contributed by atoms with Crippen LogP contribution in [0.15, 0.2) is 12.1 Å². The molecule has 0 spiro atoms. The first-order valence-electron chi connectivity index (χ1n) is 4.26. The van der Waals surface area contributed by atoms with Gasteiger partial charge in [-0.2, -0.15) is 0 Å². The summed E-state index contributed by atoms with van der Waals surface area (Å²) in [5, 5.41) is 9.50. The predicted molar refractivity (Wildman–Crippen MR) is 51.5 cm³/mol. The van der Waals surface area contributed by atoms with Crippen LogP contribution in [0.1, 0.15) is 16.7 Å². The minimum absolute atomic E-state index is 0.373. The number of hydrogen-bond donors (Lipinski definition) is 1. The highest BCUT2D eigenvalue weighted by atomic mass is 16.5. The monoisotopic (exact) mass is 178 g/mol. The van der Waals surface area contributed by atoms with E-state index in [1.54, 1.807) is 0 Å². The van der Waals surface area contributed by atoms with Gasteiger partial charge >= 0.3 is 0 Å². The van der Waals surface area contributed by atoms with E-state index in [1.807, 2.05) is 26.0 Å². The van der Waals surface area contributed by atoms with Crippen LogP contribution in [-0.2, 0) is 11.2 Å². The number of rotatable bonds is 3. The van der Waals surface area contributed by atoms with Crippen molar-refractivity contribution in [3.8, 4) is 5.75 Å². The molecule has 0 aliphatic carbocycles. The lowest BCUT2D eigenvalue weighted by Crippen LogP contribution is -1.94. The lowest BCUT2D eigenvalue weighted by Gasteiger charge is -2.07. The Morgan fingerprint density at radius 1 is 1.31 bits per heavy atom. The Bertz CT molecular complexity index is 269. The molecule has 0 bridgehead atoms. The summed E-state index contributed by atoms with van der Waals surface area (Å²) in [6.45, 7) is 4.27. The molecule has 0 fully saturated rings. The first kappa shape index (κ1) is 10.1. The van der Waals surface area contributed by atoms with Gasteiger partial charge in [-0.1, -0.05) is 12.1 Å². The number of phenolic OH excluding ortho intramolecular Hbond substituents is 1. The smallest absolute Gasteiger partial charge is 0.121 e. The van der Waals surface area contributed by atoms with Crippen molar-refractivity contribution in [2.24, 2.45) is 0 Å². The third-order valence-electron chi connectivity index (χ3n) is 2.06. The molecule has 70 valence electrons. The van der Waals surface area contributed by atoms with Gasteiger partial charge in [0.15, 0.2) is 0 Å². The van der Waals surface area contributed by atoms with Gasteiger partial charge in [0.25, 0.3) is 0 Å². The molecular formula is C11H14O2. The summed E-state index contributed by atoms with van der Waals surface area (Å²) in [6.07, 6.45) is 0.776. The molecule has 0 unspecified atom stereocenters. The van der Waals surface area contributed by atoms with Gasteiger partial charge in [0.1, 0.15) is 12.9 Å². The van der Waals surface area contributed by atoms with E-state index in [1.165, 1.54) is 0 Å². The van der Waals surface area contributed by atoms with E-state index in [0.717, 1.165) is 23.1 Å². The topological polar surface area (TPSA) is 29.5 Å². The second-order valence-electron chi connectivity index (χ2n) is 3.20. The highest BCUT2D eigenvalue weighted by Crippen LogP contribution is 2.22. The standard InChI is InChI=1S/C11H14O2/c1-8-6-10(4-5-13-3)7-9(2)11(8)12/h3,6-7,12H,4-5H2,1-2H3. The summed E-state index contributed by atoms with van der Waals surface area (Å²) in [5.74, 6) is 0.373. The lowest BCUT2D eigenvalue weighted by molar-refractivity contribution is 0.246. The summed E-state index contributed by atoms with van der Waals surface area (Å²) in [5.41, 5.74) is 2.93. The normalized spacial score (nSPS) is 10.4. The highest BCUT2D eigenvalue weighted by molar-refractivity contribution is 5.42. The molecule has 0 saturated heterocycles. The van der Waals surface area contributed by atoms with Gasteiger partial charge in [0.2, 0.25) is 0 Å². The average molecular weight is 178 g/mol. The molecule has 0 amide bonds. The molecule has 1 aromatic rings. The fourth-order valence-electron chi connectivity index (χ4n) is 1.37. The van der Waals surface area contributed by atoms with E-state index in [9.17, 15) is 5.11 Å². The third-order valence-corrected chi connectivity index (χ3v) is 2.06. The number of benzene rings is 1. The molecule has 13 heavy (non-hydrogen) atoms. The molecule has 2 radical (unpaired) electrons. The molecule has 1 rings (SSSR count). The van der Waals surface area contributed by atoms with Crippen molar-refractivity contribution in [1.29, 1.82) is 0 Å². The van der Waals surface area contributed by atoms with Crippen LogP contribution in [0.4, 0.5) is 0 Å². The largest absolute Gasteiger partial charge is 0.507 e. The lowest BCUT2D eigenvalue weighted by atomic mass is 10.0. The second kappa shape index (κ2) is 4.28. The Morgan fingerprint density at radius 3 is 2.31 bits per heavy atom. The van der Waals surface area contributed by atoms with Crippen LogP contribution in [0, 0.1) is 21.0 Å². The van der Waals surface area contributed by atoms with Gasteiger partial charge in [-0.15, -0.1) is 0 Å². The van der Waals surface area contributed by atoms with Crippen LogP contribution in [0.25, 0.3) is 0 Å². The summed E-state index contributed by atoms with van der Waals surface area (Å²) < 4.78 is 4.49. The summed E-state index contributed by atoms with van der Waals surface area (Å²) >= 11 is 0. The van der Waals surface area contributed by atoms with Crippen molar-refractivity contribution in [2.45, 2.75) is 20.3 Å². The van der Waals surface area contributed by atoms with Crippen molar-refractivity contribution in [1.82, 2.24) is 0 Å². The highest BCUT2D eigenvalue weighted by Gasteiger charge is 2.02. The molecule has 0 aliphatic heterocycles. The molecule has 0 aliphatic rings. The Kier molecular flexibility index (Phi) is 3.32. The molecule has 2 heteroatoms. The first-order chi connectivity index (χ1) is 6.15. The number of aryl methyl sites for hydroxylation is 2. The van der Waals surface area contributed by atoms with Crippen molar-refractivity contribution in [3.63, 3.8) is 0 Å². The summed E-state index contributed by atoms with van der Waals surface area (Å²) in [7, 11) is 4.93. The summed E-state index contributed by atoms with van der Waals surface area (Å²) in [4.78, 5) is 0. The fourth-order valence-corrected chi connectivity index (χ4v) is 1.37. The second-order valence-corrected chi connectivity index (χ2v) is 3.20. The van der Waals surface area contributed by atoms with Crippen molar-refractivity contribution in [3.05, 3.63) is 35.9 Å². The fraction of sp³-hybridized carbons (Fsp3) is 0.364. The Morgan fingerprint density at radius 2 is 1.85 bits per heavy atom. The SMILES string of the molecule is [CH]OCCc1cc(C)c(O)c(C)c1. The number of phenols is 1. The van der Waals surface area contributed by atoms with Crippen LogP contribution < -0.4 is 0 Å². The van der Waals surface area contributed by atoms with Crippen LogP contribution in [0.2, 0.25) is 0 Å². The van der Waals surface area contributed by atoms with E-state index in [-0.39, 0.29) is 0 Å². The quantitative estimate of drug-likeness (QED) is 0.769. The van der Waals surface area contributed by atoms with Crippen LogP contribution in [-0.4, -0.2) is 11.7 Å². The number of aromatic hydroxyl groups is 1. The Hall–Kier alpha value is -1.02. The maximum atomic E-state index is 9.50. The van der Waals surface area contributed by atoms with E-state index in [2.05, 4.69) is 4.74 Å². The minimum atomic E-state index is 0.373. The van der Waals surface area contributed by atoms with Crippen molar-refractivity contribution in [2.75, 3.05) is 6.61 Å². The number of hydrogen-bond acceptors (Lipinski definition) is 2. The van der Waals surface area contributed by atoms with Gasteiger partial charge in [0, 0.05) is 0 Å². The van der Waals surface area contributed by atoms with Gasteiger partial charge in [-0.25, -0.2) is 0 Å². The molecule has 2 nitrogen and oxygen atoms in total. The van der Waals surface area contributed by atoms with E-state index in [4.69, 9.17) is 7.11 Å². The average Bonchev–Trinajstić information content (AvgIpc) is 2.10. The van der Waals surface area contributed by atoms with Gasteiger partial charge < -0.3 is 9.84 Å². The van der Waals surface area contributed by atoms with Crippen molar-refractivity contribution < 1.29 is 9.84 Å². The van der Waals surface area contributed by atoms with Crippen LogP contribution in [0.5, 0.6) is 5.75 Å². The van der Waals surface area contributed by atoms with E-state index >= 15 is 0 Å². The van der Waals surface area contributed by atoms with Crippen LogP contribution in [0.3, 0.4) is 0 Å². The Labute approximate surface area is 79.2 Å². The van der Waals surface area contributed by atoms with Gasteiger partial charge in [0.05, 0.1) is 6.61 Å². The molecule has 0 heterocycles. The third kappa shape index (κ3) is 2.46. The van der Waals surface area contributed by atoms with E-state index in [0.29, 0.717) is 12.4 Å². The summed E-state index contributed by atoms with van der Waals surface area (Å²) in [6, 6.07) is 3.89. The zero-order chi connectivity index (χ0) is 9.84. The van der Waals surface area contributed by atoms with Gasteiger partial charge in [-0.3, -0.25) is 0 Å². The molecule has 0 aromatic heterocycles.